The third kappa shape index (κ3) is 5.14. The zero-order valence-electron chi connectivity index (χ0n) is 15.7. The van der Waals surface area contributed by atoms with Crippen LogP contribution in [0.5, 0.6) is 0 Å². The monoisotopic (exact) mass is 374 g/mol. The van der Waals surface area contributed by atoms with Crippen LogP contribution in [0.3, 0.4) is 0 Å². The maximum absolute atomic E-state index is 13.3. The van der Waals surface area contributed by atoms with Gasteiger partial charge in [0.1, 0.15) is 11.9 Å². The standard InChI is InChI=1S/C20H27FN4O2/c1-27-12-11-25-15-22-13-18(25)14-23-20(26)19(24-9-3-2-4-10-24)16-5-7-17(21)8-6-16/h5-8,13,15,19H,2-4,9-12,14H2,1H3,(H,23,26). The number of piperidine rings is 1. The number of aromatic nitrogens is 2. The molecule has 0 aliphatic carbocycles. The lowest BCUT2D eigenvalue weighted by Crippen LogP contribution is -2.43. The van der Waals surface area contributed by atoms with Crippen LogP contribution in [0.1, 0.15) is 36.6 Å². The molecule has 7 heteroatoms. The highest BCUT2D eigenvalue weighted by Crippen LogP contribution is 2.25. The van der Waals surface area contributed by atoms with Gasteiger partial charge in [0, 0.05) is 19.9 Å². The van der Waals surface area contributed by atoms with Gasteiger partial charge in [0.15, 0.2) is 0 Å². The number of rotatable bonds is 8. The summed E-state index contributed by atoms with van der Waals surface area (Å²) in [6.45, 7) is 3.43. The number of ether oxygens (including phenoxy) is 1. The number of methoxy groups -OCH3 is 1. The lowest BCUT2D eigenvalue weighted by molar-refractivity contribution is -0.127. The van der Waals surface area contributed by atoms with Gasteiger partial charge in [-0.1, -0.05) is 18.6 Å². The molecule has 0 bridgehead atoms. The highest BCUT2D eigenvalue weighted by molar-refractivity contribution is 5.83. The SMILES string of the molecule is COCCn1cncc1CNC(=O)C(c1ccc(F)cc1)N1CCCCC1. The van der Waals surface area contributed by atoms with Gasteiger partial charge >= 0.3 is 0 Å². The molecule has 0 saturated carbocycles. The first-order chi connectivity index (χ1) is 13.2. The molecule has 1 saturated heterocycles. The molecule has 1 N–H and O–H groups in total. The molecule has 146 valence electrons. The van der Waals surface area contributed by atoms with Crippen molar-refractivity contribution < 1.29 is 13.9 Å². The largest absolute Gasteiger partial charge is 0.383 e. The Bertz CT molecular complexity index is 726. The van der Waals surface area contributed by atoms with E-state index >= 15 is 0 Å². The first-order valence-electron chi connectivity index (χ1n) is 9.44. The average molecular weight is 374 g/mol. The summed E-state index contributed by atoms with van der Waals surface area (Å²) in [7, 11) is 1.66. The van der Waals surface area contributed by atoms with Crippen LogP contribution in [0.4, 0.5) is 4.39 Å². The number of imidazole rings is 1. The van der Waals surface area contributed by atoms with Crippen molar-refractivity contribution in [3.8, 4) is 0 Å². The Labute approximate surface area is 159 Å². The molecular weight excluding hydrogens is 347 g/mol. The van der Waals surface area contributed by atoms with E-state index in [1.165, 1.54) is 18.6 Å². The van der Waals surface area contributed by atoms with Gasteiger partial charge in [0.05, 0.1) is 25.2 Å². The average Bonchev–Trinajstić information content (AvgIpc) is 3.14. The van der Waals surface area contributed by atoms with Crippen LogP contribution in [0.15, 0.2) is 36.8 Å². The molecule has 0 spiro atoms. The van der Waals surface area contributed by atoms with E-state index in [4.69, 9.17) is 4.74 Å². The second kappa shape index (κ2) is 9.62. The molecule has 0 radical (unpaired) electrons. The van der Waals surface area contributed by atoms with Crippen LogP contribution in [0.2, 0.25) is 0 Å². The van der Waals surface area contributed by atoms with Gasteiger partial charge in [0.2, 0.25) is 5.91 Å². The van der Waals surface area contributed by atoms with Gasteiger partial charge in [-0.25, -0.2) is 9.37 Å². The highest BCUT2D eigenvalue weighted by atomic mass is 19.1. The Kier molecular flexibility index (Phi) is 6.95. The number of nitrogens with one attached hydrogen (secondary N) is 1. The predicted molar refractivity (Wildman–Crippen MR) is 101 cm³/mol. The van der Waals surface area contributed by atoms with Crippen molar-refractivity contribution >= 4 is 5.91 Å². The molecule has 1 aromatic heterocycles. The van der Waals surface area contributed by atoms with Crippen molar-refractivity contribution in [2.45, 2.75) is 38.4 Å². The van der Waals surface area contributed by atoms with Crippen LogP contribution in [-0.2, 0) is 22.6 Å². The predicted octanol–water partition coefficient (Wildman–Crippen LogP) is 2.51. The third-order valence-corrected chi connectivity index (χ3v) is 4.97. The molecule has 1 unspecified atom stereocenters. The highest BCUT2D eigenvalue weighted by Gasteiger charge is 2.28. The minimum absolute atomic E-state index is 0.0667. The van der Waals surface area contributed by atoms with Crippen LogP contribution in [0.25, 0.3) is 0 Å². The van der Waals surface area contributed by atoms with Crippen molar-refractivity contribution in [1.29, 1.82) is 0 Å². The molecule has 1 amide bonds. The smallest absolute Gasteiger partial charge is 0.242 e. The molecule has 6 nitrogen and oxygen atoms in total. The number of nitrogens with zero attached hydrogens (tertiary/aromatic N) is 3. The van der Waals surface area contributed by atoms with E-state index in [9.17, 15) is 9.18 Å². The van der Waals surface area contributed by atoms with E-state index in [1.807, 2.05) is 4.57 Å². The van der Waals surface area contributed by atoms with E-state index < -0.39 is 6.04 Å². The summed E-state index contributed by atoms with van der Waals surface area (Å²) >= 11 is 0. The van der Waals surface area contributed by atoms with Gasteiger partial charge in [-0.2, -0.15) is 0 Å². The molecular formula is C20H27FN4O2. The van der Waals surface area contributed by atoms with E-state index in [0.717, 1.165) is 37.2 Å². The van der Waals surface area contributed by atoms with Crippen molar-refractivity contribution in [2.75, 3.05) is 26.8 Å². The van der Waals surface area contributed by atoms with Crippen LogP contribution >= 0.6 is 0 Å². The van der Waals surface area contributed by atoms with Crippen LogP contribution in [-0.4, -0.2) is 47.2 Å². The summed E-state index contributed by atoms with van der Waals surface area (Å²) in [6, 6.07) is 5.84. The first-order valence-corrected chi connectivity index (χ1v) is 9.44. The fraction of sp³-hybridized carbons (Fsp3) is 0.500. The maximum atomic E-state index is 13.3. The molecule has 2 heterocycles. The Morgan fingerprint density at radius 3 is 2.70 bits per heavy atom. The number of carbonyl (C=O) groups is 1. The molecule has 3 rings (SSSR count). The summed E-state index contributed by atoms with van der Waals surface area (Å²) in [5, 5.41) is 3.04. The van der Waals surface area contributed by atoms with E-state index in [-0.39, 0.29) is 11.7 Å². The number of hydrogen-bond acceptors (Lipinski definition) is 4. The molecule has 1 aromatic carbocycles. The first kappa shape index (κ1) is 19.5. The van der Waals surface area contributed by atoms with Gasteiger partial charge in [-0.3, -0.25) is 9.69 Å². The third-order valence-electron chi connectivity index (χ3n) is 4.97. The lowest BCUT2D eigenvalue weighted by atomic mass is 10.0. The normalized spacial score (nSPS) is 16.2. The van der Waals surface area contributed by atoms with Crippen molar-refractivity contribution in [3.63, 3.8) is 0 Å². The summed E-state index contributed by atoms with van der Waals surface area (Å²) in [6.07, 6.45) is 6.84. The van der Waals surface area contributed by atoms with Crippen molar-refractivity contribution in [2.24, 2.45) is 0 Å². The fourth-order valence-electron chi connectivity index (χ4n) is 3.51. The summed E-state index contributed by atoms with van der Waals surface area (Å²) in [5.41, 5.74) is 1.75. The topological polar surface area (TPSA) is 59.4 Å². The summed E-state index contributed by atoms with van der Waals surface area (Å²) in [4.78, 5) is 19.4. The molecule has 1 atom stereocenters. The Balaban J connectivity index is 1.71. The van der Waals surface area contributed by atoms with E-state index in [0.29, 0.717) is 19.7 Å². The minimum Gasteiger partial charge on any atom is -0.383 e. The minimum atomic E-state index is -0.402. The lowest BCUT2D eigenvalue weighted by Gasteiger charge is -2.34. The van der Waals surface area contributed by atoms with Gasteiger partial charge in [-0.15, -0.1) is 0 Å². The summed E-state index contributed by atoms with van der Waals surface area (Å²) < 4.78 is 20.4. The second-order valence-corrected chi connectivity index (χ2v) is 6.84. The van der Waals surface area contributed by atoms with Gasteiger partial charge in [-0.05, 0) is 43.6 Å². The van der Waals surface area contributed by atoms with Gasteiger partial charge < -0.3 is 14.6 Å². The number of likely N-dealkylation sites (tertiary alicyclic amines) is 1. The van der Waals surface area contributed by atoms with Crippen LogP contribution < -0.4 is 5.32 Å². The molecule has 2 aromatic rings. The second-order valence-electron chi connectivity index (χ2n) is 6.84. The van der Waals surface area contributed by atoms with Gasteiger partial charge in [0.25, 0.3) is 0 Å². The number of hydrogen-bond donors (Lipinski definition) is 1. The summed E-state index contributed by atoms with van der Waals surface area (Å²) in [5.74, 6) is -0.360. The van der Waals surface area contributed by atoms with Crippen molar-refractivity contribution in [3.05, 3.63) is 53.9 Å². The fourth-order valence-corrected chi connectivity index (χ4v) is 3.51. The number of halogens is 1. The Morgan fingerprint density at radius 1 is 1.26 bits per heavy atom. The number of benzene rings is 1. The number of amides is 1. The van der Waals surface area contributed by atoms with Crippen molar-refractivity contribution in [1.82, 2.24) is 19.8 Å². The zero-order valence-corrected chi connectivity index (χ0v) is 15.7. The van der Waals surface area contributed by atoms with E-state index in [1.54, 1.807) is 31.8 Å². The van der Waals surface area contributed by atoms with Crippen LogP contribution in [0, 0.1) is 5.82 Å². The zero-order chi connectivity index (χ0) is 19.1. The quantitative estimate of drug-likeness (QED) is 0.771. The Hall–Kier alpha value is -2.25. The molecule has 1 aliphatic rings. The molecule has 27 heavy (non-hydrogen) atoms. The molecule has 1 aliphatic heterocycles. The van der Waals surface area contributed by atoms with E-state index in [2.05, 4.69) is 15.2 Å². The Morgan fingerprint density at radius 2 is 2.00 bits per heavy atom. The maximum Gasteiger partial charge on any atom is 0.242 e. The molecule has 1 fully saturated rings. The number of carbonyl (C=O) groups excluding carboxylic acids is 1.